The summed E-state index contributed by atoms with van der Waals surface area (Å²) < 4.78 is 0. The molecule has 0 radical (unpaired) electrons. The van der Waals surface area contributed by atoms with Crippen molar-refractivity contribution in [3.63, 3.8) is 0 Å². The number of H-pyrrole nitrogens is 1. The van der Waals surface area contributed by atoms with Gasteiger partial charge in [0.2, 0.25) is 0 Å². The van der Waals surface area contributed by atoms with Crippen LogP contribution in [-0.2, 0) is 0 Å². The standard InChI is InChI=1S/C16H21N3O/c1-10-11(2)18-15-5-4-12(8-14(10)15)16(20)19-7-6-13(9-19)17-3/h4-5,8,13,17-18H,6-7,9H2,1-3H3. The summed E-state index contributed by atoms with van der Waals surface area (Å²) in [5.41, 5.74) is 4.28. The molecule has 0 spiro atoms. The van der Waals surface area contributed by atoms with E-state index in [1.165, 1.54) is 11.3 Å². The summed E-state index contributed by atoms with van der Waals surface area (Å²) in [5, 5.41) is 4.39. The number of carbonyl (C=O) groups excluding carboxylic acids is 1. The third-order valence-electron chi connectivity index (χ3n) is 4.44. The average molecular weight is 271 g/mol. The molecule has 1 amide bonds. The van der Waals surface area contributed by atoms with Crippen LogP contribution in [0.15, 0.2) is 18.2 Å². The summed E-state index contributed by atoms with van der Waals surface area (Å²) in [6, 6.07) is 6.38. The van der Waals surface area contributed by atoms with Gasteiger partial charge in [0.25, 0.3) is 5.91 Å². The van der Waals surface area contributed by atoms with E-state index in [0.29, 0.717) is 6.04 Å². The first-order chi connectivity index (χ1) is 9.60. The second kappa shape index (κ2) is 4.94. The van der Waals surface area contributed by atoms with Crippen molar-refractivity contribution >= 4 is 16.8 Å². The van der Waals surface area contributed by atoms with Gasteiger partial charge >= 0.3 is 0 Å². The Morgan fingerprint density at radius 2 is 2.20 bits per heavy atom. The van der Waals surface area contributed by atoms with E-state index in [4.69, 9.17) is 0 Å². The topological polar surface area (TPSA) is 48.1 Å². The second-order valence-corrected chi connectivity index (χ2v) is 5.66. The Bertz CT molecular complexity index is 659. The smallest absolute Gasteiger partial charge is 0.253 e. The number of amides is 1. The molecule has 1 unspecified atom stereocenters. The third kappa shape index (κ3) is 2.10. The van der Waals surface area contributed by atoms with Crippen molar-refractivity contribution in [1.82, 2.24) is 15.2 Å². The molecule has 2 aromatic rings. The molecule has 0 saturated carbocycles. The molecular weight excluding hydrogens is 250 g/mol. The lowest BCUT2D eigenvalue weighted by Gasteiger charge is -2.16. The van der Waals surface area contributed by atoms with Crippen LogP contribution in [0.5, 0.6) is 0 Å². The lowest BCUT2D eigenvalue weighted by molar-refractivity contribution is 0.0790. The number of likely N-dealkylation sites (N-methyl/N-ethyl adjacent to an activating group) is 1. The number of rotatable bonds is 2. The number of hydrogen-bond donors (Lipinski definition) is 2. The molecule has 2 N–H and O–H groups in total. The predicted molar refractivity (Wildman–Crippen MR) is 81.1 cm³/mol. The zero-order valence-corrected chi connectivity index (χ0v) is 12.3. The van der Waals surface area contributed by atoms with Crippen LogP contribution in [-0.4, -0.2) is 42.0 Å². The number of likely N-dealkylation sites (tertiary alicyclic amines) is 1. The predicted octanol–water partition coefficient (Wildman–Crippen LogP) is 2.22. The Kier molecular flexibility index (Phi) is 3.26. The Balaban J connectivity index is 1.90. The van der Waals surface area contributed by atoms with Crippen LogP contribution in [0.4, 0.5) is 0 Å². The number of aromatic nitrogens is 1. The maximum absolute atomic E-state index is 12.6. The Hall–Kier alpha value is -1.81. The first kappa shape index (κ1) is 13.2. The van der Waals surface area contributed by atoms with Crippen molar-refractivity contribution in [2.24, 2.45) is 0 Å². The highest BCUT2D eigenvalue weighted by Crippen LogP contribution is 2.23. The van der Waals surface area contributed by atoms with Gasteiger partial charge in [0, 0.05) is 41.3 Å². The number of nitrogens with one attached hydrogen (secondary N) is 2. The molecule has 2 heterocycles. The molecule has 0 bridgehead atoms. The Labute approximate surface area is 119 Å². The Morgan fingerprint density at radius 3 is 2.90 bits per heavy atom. The summed E-state index contributed by atoms with van der Waals surface area (Å²) in [5.74, 6) is 0.142. The van der Waals surface area contributed by atoms with Crippen LogP contribution in [0.1, 0.15) is 28.0 Å². The quantitative estimate of drug-likeness (QED) is 0.880. The van der Waals surface area contributed by atoms with Crippen molar-refractivity contribution in [3.05, 3.63) is 35.0 Å². The molecule has 1 aliphatic heterocycles. The monoisotopic (exact) mass is 271 g/mol. The highest BCUT2D eigenvalue weighted by molar-refractivity contribution is 5.99. The number of nitrogens with zero attached hydrogens (tertiary/aromatic N) is 1. The molecule has 20 heavy (non-hydrogen) atoms. The molecule has 3 rings (SSSR count). The minimum absolute atomic E-state index is 0.142. The van der Waals surface area contributed by atoms with E-state index in [1.807, 2.05) is 30.1 Å². The van der Waals surface area contributed by atoms with Gasteiger partial charge in [-0.25, -0.2) is 0 Å². The molecule has 1 atom stereocenters. The van der Waals surface area contributed by atoms with Gasteiger partial charge in [0.1, 0.15) is 0 Å². The normalized spacial score (nSPS) is 18.9. The summed E-state index contributed by atoms with van der Waals surface area (Å²) in [4.78, 5) is 17.8. The van der Waals surface area contributed by atoms with E-state index in [-0.39, 0.29) is 5.91 Å². The van der Waals surface area contributed by atoms with Crippen LogP contribution >= 0.6 is 0 Å². The van der Waals surface area contributed by atoms with Crippen molar-refractivity contribution in [2.75, 3.05) is 20.1 Å². The minimum Gasteiger partial charge on any atom is -0.358 e. The molecule has 1 aromatic carbocycles. The Morgan fingerprint density at radius 1 is 1.40 bits per heavy atom. The van der Waals surface area contributed by atoms with Gasteiger partial charge in [0.15, 0.2) is 0 Å². The number of aryl methyl sites for hydroxylation is 2. The van der Waals surface area contributed by atoms with Gasteiger partial charge in [-0.1, -0.05) is 0 Å². The highest BCUT2D eigenvalue weighted by Gasteiger charge is 2.26. The van der Waals surface area contributed by atoms with Gasteiger partial charge in [-0.15, -0.1) is 0 Å². The summed E-state index contributed by atoms with van der Waals surface area (Å²) in [7, 11) is 1.95. The number of carbonyl (C=O) groups is 1. The minimum atomic E-state index is 0.142. The van der Waals surface area contributed by atoms with E-state index in [2.05, 4.69) is 24.1 Å². The van der Waals surface area contributed by atoms with Crippen LogP contribution in [0.3, 0.4) is 0 Å². The van der Waals surface area contributed by atoms with Gasteiger partial charge in [0.05, 0.1) is 0 Å². The molecule has 0 aliphatic carbocycles. The average Bonchev–Trinajstić information content (AvgIpc) is 3.04. The largest absolute Gasteiger partial charge is 0.358 e. The molecule has 106 valence electrons. The summed E-state index contributed by atoms with van der Waals surface area (Å²) >= 11 is 0. The van der Waals surface area contributed by atoms with Gasteiger partial charge < -0.3 is 15.2 Å². The number of benzene rings is 1. The van der Waals surface area contributed by atoms with E-state index >= 15 is 0 Å². The van der Waals surface area contributed by atoms with E-state index in [0.717, 1.165) is 36.0 Å². The van der Waals surface area contributed by atoms with Gasteiger partial charge in [-0.2, -0.15) is 0 Å². The molecular formula is C16H21N3O. The van der Waals surface area contributed by atoms with E-state index in [1.54, 1.807) is 0 Å². The van der Waals surface area contributed by atoms with Crippen LogP contribution < -0.4 is 5.32 Å². The fourth-order valence-corrected chi connectivity index (χ4v) is 2.96. The third-order valence-corrected chi connectivity index (χ3v) is 4.44. The zero-order valence-electron chi connectivity index (χ0n) is 12.3. The first-order valence-electron chi connectivity index (χ1n) is 7.15. The molecule has 1 fully saturated rings. The second-order valence-electron chi connectivity index (χ2n) is 5.66. The number of aromatic amines is 1. The molecule has 1 aromatic heterocycles. The SMILES string of the molecule is CNC1CCN(C(=O)c2ccc3[nH]c(C)c(C)c3c2)C1. The zero-order chi connectivity index (χ0) is 14.3. The van der Waals surface area contributed by atoms with Crippen molar-refractivity contribution < 1.29 is 4.79 Å². The van der Waals surface area contributed by atoms with E-state index < -0.39 is 0 Å². The highest BCUT2D eigenvalue weighted by atomic mass is 16.2. The summed E-state index contributed by atoms with van der Waals surface area (Å²) in [6.07, 6.45) is 1.03. The maximum atomic E-state index is 12.6. The molecule has 1 saturated heterocycles. The lowest BCUT2D eigenvalue weighted by Crippen LogP contribution is -2.33. The van der Waals surface area contributed by atoms with Gasteiger partial charge in [-0.3, -0.25) is 4.79 Å². The van der Waals surface area contributed by atoms with Crippen LogP contribution in [0, 0.1) is 13.8 Å². The van der Waals surface area contributed by atoms with Crippen molar-refractivity contribution in [3.8, 4) is 0 Å². The maximum Gasteiger partial charge on any atom is 0.253 e. The first-order valence-corrected chi connectivity index (χ1v) is 7.15. The van der Waals surface area contributed by atoms with Crippen molar-refractivity contribution in [2.45, 2.75) is 26.3 Å². The fourth-order valence-electron chi connectivity index (χ4n) is 2.96. The van der Waals surface area contributed by atoms with E-state index in [9.17, 15) is 4.79 Å². The molecule has 4 nitrogen and oxygen atoms in total. The van der Waals surface area contributed by atoms with Crippen LogP contribution in [0.25, 0.3) is 10.9 Å². The number of fused-ring (bicyclic) bond motifs is 1. The van der Waals surface area contributed by atoms with Gasteiger partial charge in [-0.05, 0) is 51.1 Å². The summed E-state index contributed by atoms with van der Waals surface area (Å²) in [6.45, 7) is 5.80. The lowest BCUT2D eigenvalue weighted by atomic mass is 10.1. The number of hydrogen-bond acceptors (Lipinski definition) is 2. The molecule has 1 aliphatic rings. The van der Waals surface area contributed by atoms with Crippen molar-refractivity contribution in [1.29, 1.82) is 0 Å². The fraction of sp³-hybridized carbons (Fsp3) is 0.438. The van der Waals surface area contributed by atoms with Crippen LogP contribution in [0.2, 0.25) is 0 Å². The molecule has 4 heteroatoms.